The monoisotopic (exact) mass is 356 g/mol. The normalized spacial score (nSPS) is 21.9. The van der Waals surface area contributed by atoms with Crippen molar-refractivity contribution in [2.45, 2.75) is 82.7 Å². The van der Waals surface area contributed by atoms with Gasteiger partial charge in [0.2, 0.25) is 11.8 Å². The highest BCUT2D eigenvalue weighted by atomic mass is 35.5. The van der Waals surface area contributed by atoms with Gasteiger partial charge >= 0.3 is 0 Å². The van der Waals surface area contributed by atoms with Crippen LogP contribution in [0.25, 0.3) is 0 Å². The number of halogens is 1. The van der Waals surface area contributed by atoms with E-state index in [1.165, 1.54) is 32.1 Å². The van der Waals surface area contributed by atoms with E-state index in [0.29, 0.717) is 24.1 Å². The number of hydrogen-bond donors (Lipinski definition) is 2. The van der Waals surface area contributed by atoms with E-state index in [1.807, 2.05) is 6.92 Å². The van der Waals surface area contributed by atoms with Crippen LogP contribution in [0.15, 0.2) is 4.52 Å². The van der Waals surface area contributed by atoms with Crippen molar-refractivity contribution in [3.05, 3.63) is 11.7 Å². The average Bonchev–Trinajstić information content (AvgIpc) is 3.18. The van der Waals surface area contributed by atoms with Crippen LogP contribution in [0.3, 0.4) is 0 Å². The fourth-order valence-corrected chi connectivity index (χ4v) is 3.86. The number of nitrogens with two attached hydrogens (primary N) is 1. The van der Waals surface area contributed by atoms with E-state index in [4.69, 9.17) is 10.3 Å². The van der Waals surface area contributed by atoms with E-state index >= 15 is 0 Å². The van der Waals surface area contributed by atoms with Crippen LogP contribution in [0.5, 0.6) is 0 Å². The summed E-state index contributed by atoms with van der Waals surface area (Å²) in [6.45, 7) is 1.88. The molecule has 7 heteroatoms. The first kappa shape index (κ1) is 19.2. The molecule has 1 aromatic heterocycles. The summed E-state index contributed by atoms with van der Waals surface area (Å²) in [5, 5.41) is 7.04. The third kappa shape index (κ3) is 4.48. The zero-order valence-corrected chi connectivity index (χ0v) is 15.2. The van der Waals surface area contributed by atoms with Crippen molar-refractivity contribution >= 4 is 18.3 Å². The smallest absolute Gasteiger partial charge is 0.248 e. The first-order chi connectivity index (χ1) is 11.1. The van der Waals surface area contributed by atoms with Crippen molar-refractivity contribution in [1.29, 1.82) is 0 Å². The Morgan fingerprint density at radius 1 is 1.29 bits per heavy atom. The second kappa shape index (κ2) is 8.30. The van der Waals surface area contributed by atoms with Crippen molar-refractivity contribution in [3.63, 3.8) is 0 Å². The Morgan fingerprint density at radius 2 is 1.96 bits per heavy atom. The molecule has 0 bridgehead atoms. The molecule has 1 heterocycles. The molecule has 1 amide bonds. The van der Waals surface area contributed by atoms with Gasteiger partial charge in [-0.1, -0.05) is 37.3 Å². The lowest BCUT2D eigenvalue weighted by molar-refractivity contribution is -0.123. The molecule has 24 heavy (non-hydrogen) atoms. The van der Waals surface area contributed by atoms with Crippen LogP contribution < -0.4 is 11.1 Å². The zero-order chi connectivity index (χ0) is 16.3. The first-order valence-electron chi connectivity index (χ1n) is 8.99. The number of amides is 1. The number of aromatic nitrogens is 2. The molecule has 2 aliphatic rings. The Balaban J connectivity index is 0.00000208. The quantitative estimate of drug-likeness (QED) is 0.843. The molecule has 2 saturated carbocycles. The summed E-state index contributed by atoms with van der Waals surface area (Å²) in [7, 11) is 0. The first-order valence-corrected chi connectivity index (χ1v) is 8.99. The van der Waals surface area contributed by atoms with Gasteiger partial charge in [-0.25, -0.2) is 0 Å². The lowest BCUT2D eigenvalue weighted by Gasteiger charge is -2.21. The van der Waals surface area contributed by atoms with Gasteiger partial charge in [0, 0.05) is 6.42 Å². The van der Waals surface area contributed by atoms with Gasteiger partial charge in [0.1, 0.15) is 6.04 Å². The molecule has 1 unspecified atom stereocenters. The zero-order valence-electron chi connectivity index (χ0n) is 14.4. The molecule has 2 aliphatic carbocycles. The van der Waals surface area contributed by atoms with Gasteiger partial charge in [0.15, 0.2) is 5.82 Å². The maximum absolute atomic E-state index is 12.2. The number of hydrogen-bond acceptors (Lipinski definition) is 5. The molecule has 0 radical (unpaired) electrons. The van der Waals surface area contributed by atoms with E-state index in [2.05, 4.69) is 15.5 Å². The highest BCUT2D eigenvalue weighted by Crippen LogP contribution is 2.35. The van der Waals surface area contributed by atoms with Crippen molar-refractivity contribution in [1.82, 2.24) is 15.5 Å². The van der Waals surface area contributed by atoms with Crippen molar-refractivity contribution in [3.8, 4) is 0 Å². The van der Waals surface area contributed by atoms with E-state index in [0.717, 1.165) is 25.7 Å². The van der Waals surface area contributed by atoms with Crippen LogP contribution in [0, 0.1) is 5.92 Å². The molecule has 2 fully saturated rings. The molecule has 0 spiro atoms. The average molecular weight is 357 g/mol. The van der Waals surface area contributed by atoms with Gasteiger partial charge in [0.05, 0.1) is 5.54 Å². The molecular weight excluding hydrogens is 328 g/mol. The number of nitrogens with zero attached hydrogens (tertiary/aromatic N) is 2. The van der Waals surface area contributed by atoms with E-state index < -0.39 is 5.54 Å². The van der Waals surface area contributed by atoms with Crippen molar-refractivity contribution in [2.75, 3.05) is 0 Å². The summed E-state index contributed by atoms with van der Waals surface area (Å²) >= 11 is 0. The number of carbonyl (C=O) groups excluding carboxylic acids is 1. The minimum Gasteiger partial charge on any atom is -0.345 e. The van der Waals surface area contributed by atoms with E-state index in [1.54, 1.807) is 0 Å². The standard InChI is InChI=1S/C17H28N4O2.ClH/c1-12(19-14(22)11-13-7-3-2-4-8-13)15-20-16(21-23-15)17(18)9-5-6-10-17;/h12-13H,2-11,18H2,1H3,(H,19,22);1H. The highest BCUT2D eigenvalue weighted by molar-refractivity contribution is 5.85. The van der Waals surface area contributed by atoms with E-state index in [-0.39, 0.29) is 24.4 Å². The Hall–Kier alpha value is -1.14. The summed E-state index contributed by atoms with van der Waals surface area (Å²) in [6, 6.07) is -0.266. The second-order valence-corrected chi connectivity index (χ2v) is 7.32. The summed E-state index contributed by atoms with van der Waals surface area (Å²) in [5.41, 5.74) is 5.90. The largest absolute Gasteiger partial charge is 0.345 e. The minimum absolute atomic E-state index is 0. The Morgan fingerprint density at radius 3 is 2.62 bits per heavy atom. The third-order valence-electron chi connectivity index (χ3n) is 5.33. The van der Waals surface area contributed by atoms with Crippen LogP contribution in [-0.2, 0) is 10.3 Å². The number of rotatable bonds is 5. The predicted molar refractivity (Wildman–Crippen MR) is 93.6 cm³/mol. The SMILES string of the molecule is CC(NC(=O)CC1CCCCC1)c1nc(C2(N)CCCC2)no1.Cl. The van der Waals surface area contributed by atoms with Crippen molar-refractivity contribution in [2.24, 2.45) is 11.7 Å². The molecule has 1 atom stereocenters. The van der Waals surface area contributed by atoms with Crippen molar-refractivity contribution < 1.29 is 9.32 Å². The summed E-state index contributed by atoms with van der Waals surface area (Å²) in [5.74, 6) is 1.64. The minimum atomic E-state index is -0.451. The molecule has 136 valence electrons. The van der Waals surface area contributed by atoms with Crippen LogP contribution in [0.2, 0.25) is 0 Å². The Labute approximate surface area is 149 Å². The van der Waals surface area contributed by atoms with Gasteiger partial charge in [-0.2, -0.15) is 4.98 Å². The van der Waals surface area contributed by atoms with Gasteiger partial charge in [0.25, 0.3) is 0 Å². The number of carbonyl (C=O) groups is 1. The molecule has 6 nitrogen and oxygen atoms in total. The summed E-state index contributed by atoms with van der Waals surface area (Å²) in [6.07, 6.45) is 10.7. The molecule has 1 aromatic rings. The van der Waals surface area contributed by atoms with Gasteiger partial charge in [-0.05, 0) is 38.5 Å². The molecule has 3 rings (SSSR count). The topological polar surface area (TPSA) is 94.0 Å². The summed E-state index contributed by atoms with van der Waals surface area (Å²) in [4.78, 5) is 16.6. The fourth-order valence-electron chi connectivity index (χ4n) is 3.86. The molecular formula is C17H29ClN4O2. The number of nitrogens with one attached hydrogen (secondary N) is 1. The lowest BCUT2D eigenvalue weighted by Crippen LogP contribution is -2.34. The molecule has 3 N–H and O–H groups in total. The Bertz CT molecular complexity index is 536. The van der Waals surface area contributed by atoms with Gasteiger partial charge in [-0.3, -0.25) is 4.79 Å². The Kier molecular flexibility index (Phi) is 6.63. The predicted octanol–water partition coefficient (Wildman–Crippen LogP) is 3.37. The highest BCUT2D eigenvalue weighted by Gasteiger charge is 2.36. The second-order valence-electron chi connectivity index (χ2n) is 7.32. The van der Waals surface area contributed by atoms with Crippen LogP contribution >= 0.6 is 12.4 Å². The van der Waals surface area contributed by atoms with Crippen LogP contribution in [0.1, 0.15) is 88.9 Å². The van der Waals surface area contributed by atoms with Gasteiger partial charge < -0.3 is 15.6 Å². The third-order valence-corrected chi connectivity index (χ3v) is 5.33. The molecule has 0 aliphatic heterocycles. The fraction of sp³-hybridized carbons (Fsp3) is 0.824. The molecule has 0 aromatic carbocycles. The summed E-state index contributed by atoms with van der Waals surface area (Å²) < 4.78 is 5.34. The van der Waals surface area contributed by atoms with Crippen LogP contribution in [0.4, 0.5) is 0 Å². The maximum atomic E-state index is 12.2. The van der Waals surface area contributed by atoms with E-state index in [9.17, 15) is 4.79 Å². The van der Waals surface area contributed by atoms with Crippen LogP contribution in [-0.4, -0.2) is 16.0 Å². The van der Waals surface area contributed by atoms with Gasteiger partial charge in [-0.15, -0.1) is 12.4 Å². The molecule has 0 saturated heterocycles. The maximum Gasteiger partial charge on any atom is 0.248 e. The lowest BCUT2D eigenvalue weighted by atomic mass is 9.87.